The summed E-state index contributed by atoms with van der Waals surface area (Å²) in [5.74, 6) is 4.43. The normalized spacial score (nSPS) is 11.8. The zero-order valence-corrected chi connectivity index (χ0v) is 12.4. The fourth-order valence-electron chi connectivity index (χ4n) is 1.22. The third-order valence-electron chi connectivity index (χ3n) is 1.93. The van der Waals surface area contributed by atoms with Crippen molar-refractivity contribution in [2.45, 2.75) is 18.7 Å². The highest BCUT2D eigenvalue weighted by Crippen LogP contribution is 2.33. The van der Waals surface area contributed by atoms with Crippen LogP contribution in [0.2, 0.25) is 0 Å². The van der Waals surface area contributed by atoms with Crippen LogP contribution in [0.1, 0.15) is 18.1 Å². The number of benzene rings is 1. The van der Waals surface area contributed by atoms with Crippen LogP contribution in [-0.4, -0.2) is 24.5 Å². The molecule has 0 saturated carbocycles. The summed E-state index contributed by atoms with van der Waals surface area (Å²) in [7, 11) is -0.735. The standard InChI is InChI=1S/C14H20S2/c1-6-15-14-11-12(2)7-8-13(14)9-10-16(3,4)5/h7-8,11H,6H2,1-5H3. The summed E-state index contributed by atoms with van der Waals surface area (Å²) in [6.45, 7) is 4.31. The summed E-state index contributed by atoms with van der Waals surface area (Å²) in [5, 5.41) is 3.38. The highest BCUT2D eigenvalue weighted by atomic mass is 32.3. The van der Waals surface area contributed by atoms with Gasteiger partial charge in [-0.15, -0.1) is 11.8 Å². The van der Waals surface area contributed by atoms with Gasteiger partial charge in [-0.2, -0.15) is 10.0 Å². The first-order valence-electron chi connectivity index (χ1n) is 5.37. The molecule has 0 radical (unpaired) electrons. The molecule has 2 heteroatoms. The lowest BCUT2D eigenvalue weighted by atomic mass is 10.2. The van der Waals surface area contributed by atoms with Crippen LogP contribution in [0.5, 0.6) is 0 Å². The maximum absolute atomic E-state index is 3.38. The highest BCUT2D eigenvalue weighted by Gasteiger charge is 2.01. The van der Waals surface area contributed by atoms with Crippen LogP contribution in [0.15, 0.2) is 23.1 Å². The van der Waals surface area contributed by atoms with Gasteiger partial charge in [-0.3, -0.25) is 0 Å². The van der Waals surface area contributed by atoms with Crippen molar-refractivity contribution < 1.29 is 0 Å². The van der Waals surface area contributed by atoms with Crippen LogP contribution < -0.4 is 0 Å². The van der Waals surface area contributed by atoms with Gasteiger partial charge >= 0.3 is 0 Å². The minimum Gasteiger partial charge on any atom is -0.186 e. The zero-order valence-electron chi connectivity index (χ0n) is 10.8. The van der Waals surface area contributed by atoms with Crippen molar-refractivity contribution in [2.24, 2.45) is 0 Å². The maximum Gasteiger partial charge on any atom is 0.0389 e. The minimum absolute atomic E-state index is 0.735. The third kappa shape index (κ3) is 4.55. The van der Waals surface area contributed by atoms with Crippen LogP contribution in [-0.2, 0) is 0 Å². The van der Waals surface area contributed by atoms with Crippen molar-refractivity contribution in [3.05, 3.63) is 29.3 Å². The lowest BCUT2D eigenvalue weighted by Gasteiger charge is -2.15. The van der Waals surface area contributed by atoms with Crippen LogP contribution in [0, 0.1) is 18.1 Å². The van der Waals surface area contributed by atoms with Crippen molar-refractivity contribution in [2.75, 3.05) is 24.5 Å². The summed E-state index contributed by atoms with van der Waals surface area (Å²) < 4.78 is 0. The Bertz CT molecular complexity index is 417. The Morgan fingerprint density at radius 3 is 2.50 bits per heavy atom. The van der Waals surface area contributed by atoms with Crippen molar-refractivity contribution >= 4 is 21.8 Å². The molecule has 1 aromatic rings. The lowest BCUT2D eigenvalue weighted by molar-refractivity contribution is 1.33. The molecule has 0 saturated heterocycles. The average Bonchev–Trinajstić information content (AvgIpc) is 2.15. The SMILES string of the molecule is CCSc1cc(C)ccc1C#CS(C)(C)C. The third-order valence-corrected chi connectivity index (χ3v) is 3.58. The van der Waals surface area contributed by atoms with E-state index in [0.717, 1.165) is 5.75 Å². The number of rotatable bonds is 2. The number of hydrogen-bond donors (Lipinski definition) is 0. The van der Waals surface area contributed by atoms with Crippen LogP contribution in [0.3, 0.4) is 0 Å². The van der Waals surface area contributed by atoms with Gasteiger partial charge in [0.15, 0.2) is 0 Å². The molecular formula is C14H20S2. The molecule has 0 nitrogen and oxygen atoms in total. The second kappa shape index (κ2) is 5.70. The smallest absolute Gasteiger partial charge is 0.0389 e. The molecule has 0 aliphatic rings. The van der Waals surface area contributed by atoms with Gasteiger partial charge in [0.05, 0.1) is 0 Å². The summed E-state index contributed by atoms with van der Waals surface area (Å²) in [6, 6.07) is 6.52. The molecule has 1 rings (SSSR count). The molecule has 0 spiro atoms. The zero-order chi connectivity index (χ0) is 12.2. The van der Waals surface area contributed by atoms with E-state index in [-0.39, 0.29) is 0 Å². The molecule has 0 aromatic heterocycles. The van der Waals surface area contributed by atoms with E-state index in [2.05, 4.69) is 62.0 Å². The topological polar surface area (TPSA) is 0 Å². The quantitative estimate of drug-likeness (QED) is 0.564. The van der Waals surface area contributed by atoms with Gasteiger partial charge in [0, 0.05) is 10.5 Å². The second-order valence-corrected chi connectivity index (χ2v) is 9.68. The van der Waals surface area contributed by atoms with Gasteiger partial charge in [-0.1, -0.05) is 18.9 Å². The van der Waals surface area contributed by atoms with Crippen molar-refractivity contribution in [1.29, 1.82) is 0 Å². The predicted octanol–water partition coefficient (Wildman–Crippen LogP) is 4.11. The molecule has 0 aliphatic heterocycles. The highest BCUT2D eigenvalue weighted by molar-refractivity contribution is 8.35. The number of thioether (sulfide) groups is 1. The van der Waals surface area contributed by atoms with E-state index in [1.54, 1.807) is 0 Å². The van der Waals surface area contributed by atoms with Gasteiger partial charge in [0.25, 0.3) is 0 Å². The first-order valence-corrected chi connectivity index (χ1v) is 9.21. The van der Waals surface area contributed by atoms with E-state index in [9.17, 15) is 0 Å². The van der Waals surface area contributed by atoms with Crippen LogP contribution in [0.4, 0.5) is 0 Å². The van der Waals surface area contributed by atoms with Crippen LogP contribution >= 0.6 is 21.8 Å². The molecular weight excluding hydrogens is 232 g/mol. The molecule has 0 aliphatic carbocycles. The Labute approximate surface area is 106 Å². The van der Waals surface area contributed by atoms with Crippen LogP contribution in [0.25, 0.3) is 0 Å². The van der Waals surface area contributed by atoms with Crippen molar-refractivity contribution in [1.82, 2.24) is 0 Å². The van der Waals surface area contributed by atoms with Gasteiger partial charge < -0.3 is 0 Å². The summed E-state index contributed by atoms with van der Waals surface area (Å²) >= 11 is 1.87. The van der Waals surface area contributed by atoms with Crippen molar-refractivity contribution in [3.63, 3.8) is 0 Å². The molecule has 88 valence electrons. The Morgan fingerprint density at radius 2 is 1.94 bits per heavy atom. The monoisotopic (exact) mass is 252 g/mol. The molecule has 0 N–H and O–H groups in total. The van der Waals surface area contributed by atoms with Gasteiger partial charge in [0.2, 0.25) is 0 Å². The molecule has 0 heterocycles. The average molecular weight is 252 g/mol. The minimum atomic E-state index is -0.735. The molecule has 16 heavy (non-hydrogen) atoms. The molecule has 0 fully saturated rings. The summed E-state index contributed by atoms with van der Waals surface area (Å²) in [4.78, 5) is 1.32. The molecule has 1 aromatic carbocycles. The van der Waals surface area contributed by atoms with Gasteiger partial charge in [-0.05, 0) is 54.4 Å². The largest absolute Gasteiger partial charge is 0.186 e. The van der Waals surface area contributed by atoms with E-state index >= 15 is 0 Å². The maximum atomic E-state index is 3.38. The number of hydrogen-bond acceptors (Lipinski definition) is 1. The lowest BCUT2D eigenvalue weighted by Crippen LogP contribution is -1.87. The first kappa shape index (κ1) is 13.5. The number of aryl methyl sites for hydroxylation is 1. The molecule has 0 bridgehead atoms. The van der Waals surface area contributed by atoms with Gasteiger partial charge in [-0.25, -0.2) is 0 Å². The van der Waals surface area contributed by atoms with E-state index in [1.807, 2.05) is 11.8 Å². The summed E-state index contributed by atoms with van der Waals surface area (Å²) in [5.41, 5.74) is 2.49. The molecule has 0 amide bonds. The van der Waals surface area contributed by atoms with E-state index in [4.69, 9.17) is 0 Å². The van der Waals surface area contributed by atoms with E-state index in [1.165, 1.54) is 16.0 Å². The molecule has 0 atom stereocenters. The summed E-state index contributed by atoms with van der Waals surface area (Å²) in [6.07, 6.45) is 6.67. The first-order chi connectivity index (χ1) is 7.42. The Morgan fingerprint density at radius 1 is 1.25 bits per heavy atom. The van der Waals surface area contributed by atoms with Crippen molar-refractivity contribution in [3.8, 4) is 11.2 Å². The Kier molecular flexibility index (Phi) is 4.83. The predicted molar refractivity (Wildman–Crippen MR) is 79.8 cm³/mol. The van der Waals surface area contributed by atoms with Gasteiger partial charge in [0.1, 0.15) is 0 Å². The fourth-order valence-corrected chi connectivity index (χ4v) is 2.49. The Hall–Kier alpha value is -0.520. The second-order valence-electron chi connectivity index (χ2n) is 4.50. The molecule has 0 unspecified atom stereocenters. The Balaban J connectivity index is 3.06. The van der Waals surface area contributed by atoms with E-state index in [0.29, 0.717) is 0 Å². The van der Waals surface area contributed by atoms with E-state index < -0.39 is 10.0 Å². The fraction of sp³-hybridized carbons (Fsp3) is 0.429.